The molecule has 1 saturated carbocycles. The monoisotopic (exact) mass is 376 g/mol. The molecular weight excluding hydrogens is 350 g/mol. The summed E-state index contributed by atoms with van der Waals surface area (Å²) in [7, 11) is 4.66. The number of aliphatic hydroxyl groups is 1. The molecule has 2 aromatic carbocycles. The van der Waals surface area contributed by atoms with Crippen molar-refractivity contribution in [2.24, 2.45) is 11.8 Å². The number of benzene rings is 2. The van der Waals surface area contributed by atoms with Crippen molar-refractivity contribution in [1.29, 1.82) is 0 Å². The zero-order valence-corrected chi connectivity index (χ0v) is 16.3. The van der Waals surface area contributed by atoms with Crippen LogP contribution in [0.4, 0.5) is 0 Å². The van der Waals surface area contributed by atoms with Gasteiger partial charge in [-0.25, -0.2) is 4.79 Å². The second kappa shape index (κ2) is 5.25. The van der Waals surface area contributed by atoms with Crippen molar-refractivity contribution < 1.29 is 19.1 Å². The van der Waals surface area contributed by atoms with Crippen LogP contribution in [0.3, 0.4) is 0 Å². The third-order valence-electron chi connectivity index (χ3n) is 8.09. The van der Waals surface area contributed by atoms with Gasteiger partial charge in [0.1, 0.15) is 6.10 Å². The first-order valence-electron chi connectivity index (χ1n) is 10.4. The van der Waals surface area contributed by atoms with E-state index in [-0.39, 0.29) is 6.10 Å². The standard InChI is InChI=1S/C24H26NO3/c1-25(2)21-11-14(12-22(25)18-13-17(18)21)28-23(26)24(27)19-9-5-3-7-15(19)16-8-4-6-10-20(16)24/h3-10,14,17-18,21-22,27H,11-13H2,1-2H3/q+1/t14?,17-,18?,21+,22?/m1/s1. The first kappa shape index (κ1) is 16.8. The van der Waals surface area contributed by atoms with E-state index in [2.05, 4.69) is 14.1 Å². The van der Waals surface area contributed by atoms with Gasteiger partial charge in [-0.05, 0) is 17.5 Å². The molecule has 5 atom stereocenters. The van der Waals surface area contributed by atoms with Crippen molar-refractivity contribution in [3.63, 3.8) is 0 Å². The number of hydrogen-bond donors (Lipinski definition) is 1. The Balaban J connectivity index is 1.33. The van der Waals surface area contributed by atoms with Gasteiger partial charge in [-0.15, -0.1) is 0 Å². The Labute approximate surface area is 165 Å². The zero-order valence-electron chi connectivity index (χ0n) is 16.3. The predicted molar refractivity (Wildman–Crippen MR) is 105 cm³/mol. The SMILES string of the molecule is C[N+]1(C)C2CC(OC(=O)C3(O)c4ccccc4-c4ccccc43)C[C@H]1[C@@H]1CC21. The first-order chi connectivity index (χ1) is 13.4. The molecule has 2 heterocycles. The summed E-state index contributed by atoms with van der Waals surface area (Å²) in [5.74, 6) is 1.09. The van der Waals surface area contributed by atoms with Crippen molar-refractivity contribution in [1.82, 2.24) is 0 Å². The molecule has 0 aromatic heterocycles. The van der Waals surface area contributed by atoms with Gasteiger partial charge in [-0.3, -0.25) is 0 Å². The van der Waals surface area contributed by atoms with Crippen LogP contribution in [0.5, 0.6) is 0 Å². The summed E-state index contributed by atoms with van der Waals surface area (Å²) in [6, 6.07) is 16.4. The normalized spacial score (nSPS) is 34.9. The Kier molecular flexibility index (Phi) is 3.14. The Morgan fingerprint density at radius 1 is 0.929 bits per heavy atom. The van der Waals surface area contributed by atoms with E-state index >= 15 is 0 Å². The average molecular weight is 376 g/mol. The van der Waals surface area contributed by atoms with Crippen LogP contribution in [0.25, 0.3) is 11.1 Å². The molecule has 0 radical (unpaired) electrons. The second-order valence-corrected chi connectivity index (χ2v) is 9.63. The molecule has 1 N–H and O–H groups in total. The number of ether oxygens (including phenoxy) is 1. The lowest BCUT2D eigenvalue weighted by Gasteiger charge is -2.46. The molecule has 3 fully saturated rings. The number of esters is 1. The van der Waals surface area contributed by atoms with E-state index in [1.807, 2.05) is 48.5 Å². The van der Waals surface area contributed by atoms with Crippen LogP contribution in [-0.4, -0.2) is 47.8 Å². The van der Waals surface area contributed by atoms with Crippen LogP contribution in [0.1, 0.15) is 30.4 Å². The number of carbonyl (C=O) groups is 1. The Hall–Kier alpha value is -2.17. The molecule has 2 bridgehead atoms. The van der Waals surface area contributed by atoms with Crippen molar-refractivity contribution in [2.75, 3.05) is 14.1 Å². The van der Waals surface area contributed by atoms with Crippen molar-refractivity contribution >= 4 is 5.97 Å². The molecule has 4 heteroatoms. The van der Waals surface area contributed by atoms with Gasteiger partial charge in [0.25, 0.3) is 0 Å². The highest BCUT2D eigenvalue weighted by Crippen LogP contribution is 2.61. The number of carbonyl (C=O) groups excluding carboxylic acids is 1. The van der Waals surface area contributed by atoms with Gasteiger partial charge in [0.2, 0.25) is 5.60 Å². The smallest absolute Gasteiger partial charge is 0.348 e. The van der Waals surface area contributed by atoms with Gasteiger partial charge in [-0.2, -0.15) is 0 Å². The number of hydrogen-bond acceptors (Lipinski definition) is 3. The summed E-state index contributed by atoms with van der Waals surface area (Å²) in [4.78, 5) is 13.4. The summed E-state index contributed by atoms with van der Waals surface area (Å²) >= 11 is 0. The van der Waals surface area contributed by atoms with Gasteiger partial charge in [0.15, 0.2) is 0 Å². The van der Waals surface area contributed by atoms with E-state index in [1.165, 1.54) is 6.42 Å². The third-order valence-corrected chi connectivity index (χ3v) is 8.09. The molecule has 2 aromatic rings. The number of piperidine rings is 2. The van der Waals surface area contributed by atoms with E-state index in [1.54, 1.807) is 0 Å². The molecule has 2 aliphatic carbocycles. The summed E-state index contributed by atoms with van der Waals surface area (Å²) in [5.41, 5.74) is 1.40. The molecule has 28 heavy (non-hydrogen) atoms. The molecule has 4 nitrogen and oxygen atoms in total. The molecule has 3 unspecified atom stereocenters. The van der Waals surface area contributed by atoms with Gasteiger partial charge in [0, 0.05) is 35.8 Å². The summed E-state index contributed by atoms with van der Waals surface area (Å²) < 4.78 is 7.10. The first-order valence-corrected chi connectivity index (χ1v) is 10.4. The van der Waals surface area contributed by atoms with E-state index in [0.29, 0.717) is 23.2 Å². The molecule has 2 saturated heterocycles. The fourth-order valence-corrected chi connectivity index (χ4v) is 6.65. The van der Waals surface area contributed by atoms with Gasteiger partial charge < -0.3 is 14.3 Å². The highest BCUT2D eigenvalue weighted by Gasteiger charge is 2.68. The second-order valence-electron chi connectivity index (χ2n) is 9.63. The lowest BCUT2D eigenvalue weighted by molar-refractivity contribution is -0.937. The van der Waals surface area contributed by atoms with E-state index < -0.39 is 11.6 Å². The fraction of sp³-hybridized carbons (Fsp3) is 0.458. The quantitative estimate of drug-likeness (QED) is 0.647. The Morgan fingerprint density at radius 3 is 1.96 bits per heavy atom. The molecule has 4 aliphatic rings. The lowest BCUT2D eigenvalue weighted by atomic mass is 9.90. The maximum atomic E-state index is 13.4. The minimum Gasteiger partial charge on any atom is -0.459 e. The van der Waals surface area contributed by atoms with E-state index in [0.717, 1.165) is 40.3 Å². The lowest BCUT2D eigenvalue weighted by Crippen LogP contribution is -2.59. The molecule has 0 amide bonds. The van der Waals surface area contributed by atoms with Crippen LogP contribution in [0.2, 0.25) is 0 Å². The molecule has 0 spiro atoms. The van der Waals surface area contributed by atoms with E-state index in [9.17, 15) is 9.90 Å². The summed E-state index contributed by atoms with van der Waals surface area (Å²) in [5, 5.41) is 11.6. The van der Waals surface area contributed by atoms with Crippen LogP contribution in [0.15, 0.2) is 48.5 Å². The minimum atomic E-state index is -1.71. The minimum absolute atomic E-state index is 0.0922. The average Bonchev–Trinajstić information content (AvgIpc) is 3.40. The van der Waals surface area contributed by atoms with Crippen molar-refractivity contribution in [3.8, 4) is 11.1 Å². The van der Waals surface area contributed by atoms with Crippen LogP contribution in [-0.2, 0) is 15.1 Å². The van der Waals surface area contributed by atoms with Crippen LogP contribution < -0.4 is 0 Å². The van der Waals surface area contributed by atoms with Crippen LogP contribution in [0, 0.1) is 11.8 Å². The van der Waals surface area contributed by atoms with Gasteiger partial charge in [0.05, 0.1) is 26.2 Å². The van der Waals surface area contributed by atoms with Crippen LogP contribution >= 0.6 is 0 Å². The molecule has 6 rings (SSSR count). The number of quaternary nitrogens is 1. The van der Waals surface area contributed by atoms with Gasteiger partial charge >= 0.3 is 5.97 Å². The summed E-state index contributed by atoms with van der Waals surface area (Å²) in [6.07, 6.45) is 3.08. The predicted octanol–water partition coefficient (Wildman–Crippen LogP) is 3.07. The number of rotatable bonds is 2. The van der Waals surface area contributed by atoms with Gasteiger partial charge in [-0.1, -0.05) is 48.5 Å². The maximum Gasteiger partial charge on any atom is 0.348 e. The highest BCUT2D eigenvalue weighted by atomic mass is 16.6. The molecule has 144 valence electrons. The Bertz CT molecular complexity index is 931. The molecular formula is C24H26NO3+. The van der Waals surface area contributed by atoms with Crippen molar-refractivity contribution in [3.05, 3.63) is 59.7 Å². The number of fused-ring (bicyclic) bond motifs is 8. The highest BCUT2D eigenvalue weighted by molar-refractivity contribution is 5.96. The fourth-order valence-electron chi connectivity index (χ4n) is 6.65. The number of nitrogens with zero attached hydrogens (tertiary/aromatic N) is 1. The largest absolute Gasteiger partial charge is 0.459 e. The Morgan fingerprint density at radius 2 is 1.43 bits per heavy atom. The van der Waals surface area contributed by atoms with E-state index in [4.69, 9.17) is 4.74 Å². The summed E-state index contributed by atoms with van der Waals surface area (Å²) in [6.45, 7) is 0. The third kappa shape index (κ3) is 1.95. The zero-order chi connectivity index (χ0) is 19.3. The topological polar surface area (TPSA) is 46.5 Å². The van der Waals surface area contributed by atoms with Crippen molar-refractivity contribution in [2.45, 2.75) is 43.1 Å². The molecule has 2 aliphatic heterocycles. The maximum absolute atomic E-state index is 13.4.